The average molecular weight is 311 g/mol. The molecule has 0 radical (unpaired) electrons. The van der Waals surface area contributed by atoms with Gasteiger partial charge in [0.1, 0.15) is 5.69 Å². The molecule has 3 aromatic heterocycles. The zero-order valence-corrected chi connectivity index (χ0v) is 11.5. The molecule has 0 aliphatic rings. The van der Waals surface area contributed by atoms with Crippen molar-refractivity contribution in [3.8, 4) is 5.88 Å². The van der Waals surface area contributed by atoms with E-state index in [0.29, 0.717) is 33.3 Å². The fourth-order valence-electron chi connectivity index (χ4n) is 2.37. The molecule has 114 valence electrons. The smallest absolute Gasteiger partial charge is 0.374 e. The topological polar surface area (TPSA) is 122 Å². The van der Waals surface area contributed by atoms with Crippen LogP contribution in [-0.2, 0) is 0 Å². The van der Waals surface area contributed by atoms with Gasteiger partial charge in [0.25, 0.3) is 5.88 Å². The highest BCUT2D eigenvalue weighted by Gasteiger charge is 2.20. The predicted octanol–water partition coefficient (Wildman–Crippen LogP) is 3.12. The lowest BCUT2D eigenvalue weighted by Gasteiger charge is -2.05. The summed E-state index contributed by atoms with van der Waals surface area (Å²) in [6, 6.07) is 6.55. The van der Waals surface area contributed by atoms with Crippen LogP contribution in [0.5, 0.6) is 5.88 Å². The molecule has 0 saturated carbocycles. The summed E-state index contributed by atoms with van der Waals surface area (Å²) < 4.78 is 10.3. The van der Waals surface area contributed by atoms with Crippen molar-refractivity contribution in [2.45, 2.75) is 0 Å². The lowest BCUT2D eigenvalue weighted by Crippen LogP contribution is -1.99. The van der Waals surface area contributed by atoms with E-state index < -0.39 is 5.97 Å². The van der Waals surface area contributed by atoms with E-state index in [1.165, 1.54) is 6.20 Å². The van der Waals surface area contributed by atoms with Crippen molar-refractivity contribution in [2.75, 3.05) is 5.32 Å². The number of aromatic nitrogens is 2. The number of rotatable bonds is 3. The van der Waals surface area contributed by atoms with Gasteiger partial charge in [0, 0.05) is 23.3 Å². The number of pyridine rings is 1. The SMILES string of the molecule is O=C(O)c1oc2cnccc2c1Nc1ccc2c(O)noc2c1. The highest BCUT2D eigenvalue weighted by Crippen LogP contribution is 2.34. The molecule has 0 unspecified atom stereocenters. The summed E-state index contributed by atoms with van der Waals surface area (Å²) >= 11 is 0. The van der Waals surface area contributed by atoms with Crippen molar-refractivity contribution >= 4 is 39.3 Å². The summed E-state index contributed by atoms with van der Waals surface area (Å²) in [5, 5.41) is 26.3. The molecule has 0 fully saturated rings. The highest BCUT2D eigenvalue weighted by atomic mass is 16.5. The molecule has 0 atom stereocenters. The molecule has 0 saturated heterocycles. The van der Waals surface area contributed by atoms with E-state index in [4.69, 9.17) is 8.94 Å². The van der Waals surface area contributed by atoms with E-state index in [1.54, 1.807) is 30.5 Å². The number of nitrogens with zero attached hydrogens (tertiary/aromatic N) is 2. The summed E-state index contributed by atoms with van der Waals surface area (Å²) in [5.41, 5.74) is 1.62. The summed E-state index contributed by atoms with van der Waals surface area (Å²) in [5.74, 6) is -1.60. The summed E-state index contributed by atoms with van der Waals surface area (Å²) in [7, 11) is 0. The van der Waals surface area contributed by atoms with Crippen LogP contribution in [0.15, 0.2) is 45.6 Å². The van der Waals surface area contributed by atoms with Crippen LogP contribution in [0.3, 0.4) is 0 Å². The summed E-state index contributed by atoms with van der Waals surface area (Å²) in [4.78, 5) is 15.3. The van der Waals surface area contributed by atoms with E-state index in [9.17, 15) is 15.0 Å². The van der Waals surface area contributed by atoms with Crippen LogP contribution >= 0.6 is 0 Å². The number of nitrogens with one attached hydrogen (secondary N) is 1. The van der Waals surface area contributed by atoms with Gasteiger partial charge in [0.15, 0.2) is 11.2 Å². The standard InChI is InChI=1S/C15H9N3O5/c19-14-9-2-1-7(5-10(9)23-18-14)17-12-8-3-4-16-6-11(8)22-13(12)15(20)21/h1-6,17H,(H,18,19)(H,20,21). The summed E-state index contributed by atoms with van der Waals surface area (Å²) in [6.45, 7) is 0. The number of anilines is 2. The molecule has 23 heavy (non-hydrogen) atoms. The zero-order valence-electron chi connectivity index (χ0n) is 11.5. The number of hydrogen-bond donors (Lipinski definition) is 3. The first-order chi connectivity index (χ1) is 11.1. The van der Waals surface area contributed by atoms with Gasteiger partial charge in [-0.05, 0) is 23.4 Å². The Bertz CT molecular complexity index is 1050. The molecule has 0 spiro atoms. The Kier molecular flexibility index (Phi) is 2.70. The fourth-order valence-corrected chi connectivity index (χ4v) is 2.37. The molecule has 3 heterocycles. The van der Waals surface area contributed by atoms with Crippen molar-refractivity contribution < 1.29 is 23.9 Å². The maximum absolute atomic E-state index is 11.4. The second kappa shape index (κ2) is 4.73. The van der Waals surface area contributed by atoms with Gasteiger partial charge in [-0.2, -0.15) is 0 Å². The molecule has 8 nitrogen and oxygen atoms in total. The van der Waals surface area contributed by atoms with Gasteiger partial charge in [0.2, 0.25) is 5.76 Å². The van der Waals surface area contributed by atoms with Crippen molar-refractivity contribution in [3.05, 3.63) is 42.4 Å². The molecule has 3 N–H and O–H groups in total. The zero-order chi connectivity index (χ0) is 16.0. The molecule has 0 bridgehead atoms. The van der Waals surface area contributed by atoms with E-state index in [1.807, 2.05) is 0 Å². The minimum absolute atomic E-state index is 0.197. The Balaban J connectivity index is 1.84. The van der Waals surface area contributed by atoms with Gasteiger partial charge < -0.3 is 24.5 Å². The minimum atomic E-state index is -1.19. The van der Waals surface area contributed by atoms with Crippen LogP contribution in [0, 0.1) is 0 Å². The Morgan fingerprint density at radius 1 is 1.17 bits per heavy atom. The second-order valence-electron chi connectivity index (χ2n) is 4.83. The Morgan fingerprint density at radius 3 is 2.87 bits per heavy atom. The van der Waals surface area contributed by atoms with Crippen LogP contribution in [0.25, 0.3) is 21.9 Å². The first kappa shape index (κ1) is 13.1. The van der Waals surface area contributed by atoms with E-state index in [-0.39, 0.29) is 11.6 Å². The first-order valence-corrected chi connectivity index (χ1v) is 6.59. The summed E-state index contributed by atoms with van der Waals surface area (Å²) in [6.07, 6.45) is 3.00. The van der Waals surface area contributed by atoms with Crippen molar-refractivity contribution in [3.63, 3.8) is 0 Å². The highest BCUT2D eigenvalue weighted by molar-refractivity contribution is 6.04. The van der Waals surface area contributed by atoms with Crippen LogP contribution < -0.4 is 5.32 Å². The number of hydrogen-bond acceptors (Lipinski definition) is 7. The van der Waals surface area contributed by atoms with Crippen LogP contribution in [-0.4, -0.2) is 26.3 Å². The lowest BCUT2D eigenvalue weighted by atomic mass is 10.2. The van der Waals surface area contributed by atoms with Crippen molar-refractivity contribution in [2.24, 2.45) is 0 Å². The molecule has 0 aliphatic carbocycles. The maximum atomic E-state index is 11.4. The van der Waals surface area contributed by atoms with E-state index in [0.717, 1.165) is 0 Å². The number of aromatic hydroxyl groups is 1. The second-order valence-corrected chi connectivity index (χ2v) is 4.83. The van der Waals surface area contributed by atoms with Gasteiger partial charge >= 0.3 is 5.97 Å². The molecular formula is C15H9N3O5. The van der Waals surface area contributed by atoms with Gasteiger partial charge in [-0.15, -0.1) is 0 Å². The third kappa shape index (κ3) is 2.04. The number of fused-ring (bicyclic) bond motifs is 2. The van der Waals surface area contributed by atoms with Gasteiger partial charge in [-0.25, -0.2) is 4.79 Å². The largest absolute Gasteiger partial charge is 0.491 e. The van der Waals surface area contributed by atoms with Crippen molar-refractivity contribution in [1.29, 1.82) is 0 Å². The maximum Gasteiger partial charge on any atom is 0.374 e. The number of carbonyl (C=O) groups is 1. The average Bonchev–Trinajstić information content (AvgIpc) is 3.09. The molecule has 1 aromatic carbocycles. The van der Waals surface area contributed by atoms with Crippen LogP contribution in [0.2, 0.25) is 0 Å². The third-order valence-corrected chi connectivity index (χ3v) is 3.41. The normalized spacial score (nSPS) is 11.1. The predicted molar refractivity (Wildman–Crippen MR) is 79.9 cm³/mol. The number of carboxylic acids is 1. The minimum Gasteiger partial charge on any atom is -0.491 e. The third-order valence-electron chi connectivity index (χ3n) is 3.41. The van der Waals surface area contributed by atoms with Crippen molar-refractivity contribution in [1.82, 2.24) is 10.1 Å². The van der Waals surface area contributed by atoms with Gasteiger partial charge in [-0.3, -0.25) is 4.98 Å². The van der Waals surface area contributed by atoms with Crippen LogP contribution in [0.1, 0.15) is 10.6 Å². The molecule has 4 rings (SSSR count). The molecule has 8 heteroatoms. The number of furan rings is 1. The fraction of sp³-hybridized carbons (Fsp3) is 0. The Morgan fingerprint density at radius 2 is 2.04 bits per heavy atom. The van der Waals surface area contributed by atoms with Gasteiger partial charge in [0.05, 0.1) is 11.6 Å². The molecule has 4 aromatic rings. The molecule has 0 amide bonds. The van der Waals surface area contributed by atoms with Crippen LogP contribution in [0.4, 0.5) is 11.4 Å². The van der Waals surface area contributed by atoms with Gasteiger partial charge in [-0.1, -0.05) is 0 Å². The quantitative estimate of drug-likeness (QED) is 0.527. The van der Waals surface area contributed by atoms with E-state index >= 15 is 0 Å². The molecular weight excluding hydrogens is 302 g/mol. The Labute approximate surface area is 127 Å². The molecule has 0 aliphatic heterocycles. The van der Waals surface area contributed by atoms with E-state index in [2.05, 4.69) is 15.5 Å². The number of carboxylic acid groups (broad SMARTS) is 1. The Hall–Kier alpha value is -3.55. The monoisotopic (exact) mass is 311 g/mol. The number of aromatic carboxylic acids is 1. The number of benzene rings is 1. The first-order valence-electron chi connectivity index (χ1n) is 6.59. The lowest BCUT2D eigenvalue weighted by molar-refractivity contribution is 0.0666.